The number of morpholine rings is 1. The second kappa shape index (κ2) is 41.7. The Balaban J connectivity index is 0.000000144. The van der Waals surface area contributed by atoms with Gasteiger partial charge >= 0.3 is 0 Å². The summed E-state index contributed by atoms with van der Waals surface area (Å²) in [7, 11) is -6.66. The standard InChI is InChI=1S/C36H46N8O4S.C35H39N7O3S.C30H34FN5O5S2/c1-25-20-31(49(3,46)30-9-12-42(2)13-10-30)24-38-33(25)32-21-26-22-39-36(40-27-4-6-28(7-5-27)48-29-8-11-37-23-29)41-34(26)44(35(32)45)15-14-43-16-18-47-19-17-43;1-22-8-5-6-9-26(22)21-41-33-28(18-31(34(41)43)32-23(2)39-42(24(32)3)46(44,45)30-15-16-30)19-36-35(38-33)37-29-13-11-25(12-14-29)27-10-7-17-40(4)20-27;1-35(43(4,39)40)14-15-36-28-21(17-25(29(36)37)24-13-12-23(18-26(24)31)42(2,3)38)19-32-30(34-28)33-22-10-8-20(9-11-22)27-7-5-6-16-41-27/h4-7,20-22,24,29-30,37H,3,8-19,23H2,1-2H3,(H,39,40,41);5-6,8-9,11-14,18-19,27,30H,7,10,15-17,20-21H2,1-4H3,(H,36,37,38);8-13,17-19,27H,2,5-7,14-16H2,1,3-4H3,(H,32,33,34). The van der Waals surface area contributed by atoms with Crippen LogP contribution in [0.4, 0.5) is 39.3 Å². The first-order chi connectivity index (χ1) is 66.1. The average molecular weight is 1950 g/mol. The molecule has 5 aromatic carbocycles. The minimum atomic E-state index is -3.61. The van der Waals surface area contributed by atoms with Gasteiger partial charge in [0.25, 0.3) is 26.7 Å². The van der Waals surface area contributed by atoms with Crippen molar-refractivity contribution in [1.29, 1.82) is 0 Å². The third-order valence-electron chi connectivity index (χ3n) is 26.8. The number of nitrogens with one attached hydrogen (secondary N) is 4. The molecule has 5 unspecified atom stereocenters. The van der Waals surface area contributed by atoms with Crippen molar-refractivity contribution in [3.63, 3.8) is 0 Å². The lowest BCUT2D eigenvalue weighted by Gasteiger charge is -2.31. The highest BCUT2D eigenvalue weighted by Gasteiger charge is 2.40. The summed E-state index contributed by atoms with van der Waals surface area (Å²) in [6.45, 7) is 18.4. The summed E-state index contributed by atoms with van der Waals surface area (Å²) in [5, 5.41) is 18.9. The third kappa shape index (κ3) is 22.4. The number of likely N-dealkylation sites (tertiary alicyclic amines) is 2. The highest BCUT2D eigenvalue weighted by molar-refractivity contribution is 8.01. The molecule has 0 radical (unpaired) electrons. The van der Waals surface area contributed by atoms with Gasteiger partial charge in [-0.15, -0.1) is 0 Å². The van der Waals surface area contributed by atoms with Gasteiger partial charge in [-0.2, -0.15) is 24.1 Å². The van der Waals surface area contributed by atoms with E-state index < -0.39 is 55.7 Å². The number of aryl methyl sites for hydroxylation is 3. The van der Waals surface area contributed by atoms with Gasteiger partial charge < -0.3 is 45.3 Å². The Morgan fingerprint density at radius 2 is 1.14 bits per heavy atom. The summed E-state index contributed by atoms with van der Waals surface area (Å²) < 4.78 is 116. The largest absolute Gasteiger partial charge is 0.489 e. The van der Waals surface area contributed by atoms with Crippen LogP contribution >= 0.6 is 0 Å². The number of aromatic nitrogens is 12. The first-order valence-corrected chi connectivity index (χ1v) is 54.1. The Morgan fingerprint density at radius 3 is 1.71 bits per heavy atom. The highest BCUT2D eigenvalue weighted by Crippen LogP contribution is 2.38. The summed E-state index contributed by atoms with van der Waals surface area (Å²) >= 11 is 0. The molecule has 138 heavy (non-hydrogen) atoms. The quantitative estimate of drug-likeness (QED) is 0.0347. The summed E-state index contributed by atoms with van der Waals surface area (Å²) in [6, 6.07) is 42.9. The Kier molecular flexibility index (Phi) is 29.5. The number of likely N-dealkylation sites (N-methyl/N-ethyl adjacent to an activating group) is 2. The Morgan fingerprint density at radius 1 is 0.551 bits per heavy atom. The molecular formula is C101H119FN20O12S4. The molecule has 32 nitrogen and oxygen atoms in total. The summed E-state index contributed by atoms with van der Waals surface area (Å²) in [5.74, 6) is 9.43. The second-order valence-electron chi connectivity index (χ2n) is 37.0. The van der Waals surface area contributed by atoms with E-state index in [1.165, 1.54) is 60.7 Å². The van der Waals surface area contributed by atoms with Gasteiger partial charge in [-0.25, -0.2) is 40.5 Å². The zero-order valence-corrected chi connectivity index (χ0v) is 82.6. The number of nitrogens with zero attached hydrogens (tertiary/aromatic N) is 16. The lowest BCUT2D eigenvalue weighted by molar-refractivity contribution is 0.0149. The number of hydrogen-bond donors (Lipinski definition) is 4. The Bertz CT molecular complexity index is 7390. The van der Waals surface area contributed by atoms with E-state index in [2.05, 4.69) is 111 Å². The molecule has 6 fully saturated rings. The molecule has 8 aromatic heterocycles. The lowest BCUT2D eigenvalue weighted by atomic mass is 9.91. The van der Waals surface area contributed by atoms with Crippen molar-refractivity contribution in [2.24, 2.45) is 0 Å². The van der Waals surface area contributed by atoms with Crippen LogP contribution in [0.15, 0.2) is 188 Å². The zero-order chi connectivity index (χ0) is 97.1. The van der Waals surface area contributed by atoms with Crippen molar-refractivity contribution < 1.29 is 43.9 Å². The number of rotatable bonds is 27. The first kappa shape index (κ1) is 97.8. The Labute approximate surface area is 804 Å². The number of anilines is 6. The second-order valence-corrected chi connectivity index (χ2v) is 46.2. The molecule has 19 rings (SSSR count). The van der Waals surface area contributed by atoms with Crippen LogP contribution in [0.3, 0.4) is 0 Å². The fourth-order valence-corrected chi connectivity index (χ4v) is 23.3. The first-order valence-electron chi connectivity index (χ1n) is 46.9. The highest BCUT2D eigenvalue weighted by atomic mass is 32.2. The number of pyridine rings is 4. The molecule has 5 atom stereocenters. The molecule has 0 spiro atoms. The minimum absolute atomic E-state index is 0.00811. The SMILES string of the molecule is C=S(=O)(c1cnc(-c2cc3cnc(Nc4ccc(OC5CCNC5)cc4)nc3n(CCN3CCOCC3)c2=O)c(C)c1)C1CCN(C)CC1.C=S(C)(=O)c1ccc(-c2cc3cnc(Nc4ccc(C5CCCCO5)cc4)nc3n(CCN(C)S(C)(=O)=O)c2=O)c(F)c1.Cc1ccccc1Cn1c(=O)c(-c2c(C)nn(S(=O)(=O)C3CC3)c2C)cc2cnc(Nc3ccc(C4CCCN(C)C4)cc3)nc21. The molecule has 13 aromatic rings. The van der Waals surface area contributed by atoms with E-state index >= 15 is 4.39 Å². The maximum absolute atomic E-state index is 15.3. The van der Waals surface area contributed by atoms with Crippen molar-refractivity contribution in [2.75, 3.05) is 135 Å². The molecule has 726 valence electrons. The van der Waals surface area contributed by atoms with E-state index in [9.17, 15) is 39.6 Å². The maximum Gasteiger partial charge on any atom is 0.261 e. The van der Waals surface area contributed by atoms with Crippen LogP contribution in [0.25, 0.3) is 66.6 Å². The number of piperidine rings is 2. The number of ether oxygens (including phenoxy) is 3. The fraction of sp³-hybridized carbons (Fsp3) is 0.396. The molecule has 4 N–H and O–H groups in total. The third-order valence-corrected chi connectivity index (χ3v) is 34.1. The normalized spacial score (nSPS) is 18.5. The van der Waals surface area contributed by atoms with E-state index in [1.807, 2.05) is 98.8 Å². The van der Waals surface area contributed by atoms with Crippen molar-refractivity contribution in [3.05, 3.63) is 240 Å². The number of halogens is 1. The number of sulfonamides is 1. The van der Waals surface area contributed by atoms with Crippen LogP contribution in [0.5, 0.6) is 5.75 Å². The monoisotopic (exact) mass is 1950 g/mol. The van der Waals surface area contributed by atoms with E-state index in [0.717, 1.165) is 169 Å². The van der Waals surface area contributed by atoms with Gasteiger partial charge in [0.1, 0.15) is 34.6 Å². The van der Waals surface area contributed by atoms with Gasteiger partial charge in [0.2, 0.25) is 27.9 Å². The van der Waals surface area contributed by atoms with E-state index in [4.69, 9.17) is 29.2 Å². The van der Waals surface area contributed by atoms with Gasteiger partial charge in [-0.3, -0.25) is 46.4 Å². The summed E-state index contributed by atoms with van der Waals surface area (Å²) in [5.41, 5.74) is 10.9. The molecule has 0 bridgehead atoms. The van der Waals surface area contributed by atoms with Crippen LogP contribution in [-0.4, -0.2) is 249 Å². The minimum Gasteiger partial charge on any atom is -0.489 e. The number of hydrogen-bond acceptors (Lipinski definition) is 27. The lowest BCUT2D eigenvalue weighted by Crippen LogP contribution is -2.39. The van der Waals surface area contributed by atoms with Crippen molar-refractivity contribution in [1.82, 2.24) is 82.1 Å². The van der Waals surface area contributed by atoms with Gasteiger partial charge in [0, 0.05) is 166 Å². The van der Waals surface area contributed by atoms with Crippen LogP contribution in [0.2, 0.25) is 0 Å². The molecule has 1 aliphatic carbocycles. The van der Waals surface area contributed by atoms with E-state index in [-0.39, 0.29) is 69.3 Å². The smallest absolute Gasteiger partial charge is 0.261 e. The van der Waals surface area contributed by atoms with Gasteiger partial charge in [0.15, 0.2) is 0 Å². The van der Waals surface area contributed by atoms with Crippen LogP contribution in [0, 0.1) is 33.5 Å². The molecule has 5 saturated heterocycles. The van der Waals surface area contributed by atoms with Crippen LogP contribution < -0.4 is 42.7 Å². The maximum atomic E-state index is 15.3. The summed E-state index contributed by atoms with van der Waals surface area (Å²) in [6.07, 6.45) is 18.9. The molecule has 5 aliphatic heterocycles. The molecule has 13 heterocycles. The summed E-state index contributed by atoms with van der Waals surface area (Å²) in [4.78, 5) is 83.0. The van der Waals surface area contributed by atoms with Crippen LogP contribution in [-0.2, 0) is 68.2 Å². The van der Waals surface area contributed by atoms with Gasteiger partial charge in [0.05, 0.1) is 71.1 Å². The Hall–Kier alpha value is -11.9. The molecule has 6 aliphatic rings. The van der Waals surface area contributed by atoms with Crippen molar-refractivity contribution in [2.45, 2.75) is 150 Å². The van der Waals surface area contributed by atoms with E-state index in [1.54, 1.807) is 47.6 Å². The van der Waals surface area contributed by atoms with E-state index in [0.29, 0.717) is 124 Å². The van der Waals surface area contributed by atoms with Crippen molar-refractivity contribution >= 4 is 119 Å². The molecule has 0 amide bonds. The van der Waals surface area contributed by atoms with Gasteiger partial charge in [-0.1, -0.05) is 54.6 Å². The predicted molar refractivity (Wildman–Crippen MR) is 544 cm³/mol. The molecular weight excluding hydrogens is 1830 g/mol. The zero-order valence-electron chi connectivity index (χ0n) is 79.3. The van der Waals surface area contributed by atoms with Crippen molar-refractivity contribution in [3.8, 4) is 39.3 Å². The topological polar surface area (TPSA) is 365 Å². The van der Waals surface area contributed by atoms with Crippen LogP contribution in [0.1, 0.15) is 115 Å². The average Bonchev–Trinajstić information content (AvgIpc) is 1.55. The number of benzene rings is 5. The number of fused-ring (bicyclic) bond motifs is 3. The molecule has 1 saturated carbocycles. The van der Waals surface area contributed by atoms with Gasteiger partial charge in [-0.05, 0) is 272 Å². The predicted octanol–water partition coefficient (Wildman–Crippen LogP) is 12.8. The fourth-order valence-electron chi connectivity index (χ4n) is 18.5. The molecule has 37 heteroatoms.